The predicted octanol–water partition coefficient (Wildman–Crippen LogP) is 1.44. The number of fused-ring (bicyclic) bond motifs is 5. The number of nitrogens with two attached hydrogens (primary N) is 1. The highest BCUT2D eigenvalue weighted by atomic mass is 16.5. The molecule has 2 aromatic rings. The van der Waals surface area contributed by atoms with Crippen LogP contribution in [0.2, 0.25) is 0 Å². The van der Waals surface area contributed by atoms with E-state index in [9.17, 15) is 0 Å². The third-order valence-electron chi connectivity index (χ3n) is 4.14. The van der Waals surface area contributed by atoms with Crippen LogP contribution in [-0.2, 0) is 19.5 Å². The van der Waals surface area contributed by atoms with E-state index in [-0.39, 0.29) is 0 Å². The molecule has 0 bridgehead atoms. The summed E-state index contributed by atoms with van der Waals surface area (Å²) in [5.74, 6) is 0.792. The van der Waals surface area contributed by atoms with E-state index in [1.807, 2.05) is 4.68 Å². The third kappa shape index (κ3) is 1.48. The second kappa shape index (κ2) is 3.96. The van der Waals surface area contributed by atoms with Gasteiger partial charge in [0.2, 0.25) is 5.88 Å². The van der Waals surface area contributed by atoms with Crippen molar-refractivity contribution in [1.82, 2.24) is 20.3 Å². The van der Waals surface area contributed by atoms with Crippen LogP contribution in [0.15, 0.2) is 16.7 Å². The van der Waals surface area contributed by atoms with Gasteiger partial charge in [-0.1, -0.05) is 24.2 Å². The Morgan fingerprint density at radius 3 is 3.15 bits per heavy atom. The number of anilines is 1. The van der Waals surface area contributed by atoms with Crippen LogP contribution in [0.25, 0.3) is 11.4 Å². The highest BCUT2D eigenvalue weighted by Gasteiger charge is 2.31. The summed E-state index contributed by atoms with van der Waals surface area (Å²) >= 11 is 0. The fourth-order valence-electron chi connectivity index (χ4n) is 3.17. The van der Waals surface area contributed by atoms with Gasteiger partial charge in [0.25, 0.3) is 0 Å². The van der Waals surface area contributed by atoms with Crippen molar-refractivity contribution < 1.29 is 4.52 Å². The van der Waals surface area contributed by atoms with Crippen molar-refractivity contribution in [2.75, 3.05) is 12.3 Å². The van der Waals surface area contributed by atoms with Crippen LogP contribution >= 0.6 is 0 Å². The quantitative estimate of drug-likeness (QED) is 0.708. The maximum Gasteiger partial charge on any atom is 0.226 e. The lowest BCUT2D eigenvalue weighted by Crippen LogP contribution is -2.26. The molecule has 104 valence electrons. The van der Waals surface area contributed by atoms with E-state index in [0.29, 0.717) is 24.8 Å². The Morgan fingerprint density at radius 1 is 1.45 bits per heavy atom. The number of hydrogen-bond donors (Lipinski definition) is 2. The van der Waals surface area contributed by atoms with Crippen LogP contribution in [0, 0.1) is 0 Å². The van der Waals surface area contributed by atoms with E-state index in [4.69, 9.17) is 15.4 Å². The molecule has 1 atom stereocenters. The number of aromatic nitrogens is 3. The van der Waals surface area contributed by atoms with Crippen molar-refractivity contribution in [2.24, 2.45) is 0 Å². The van der Waals surface area contributed by atoms with Gasteiger partial charge in [0.1, 0.15) is 5.69 Å². The van der Waals surface area contributed by atoms with E-state index in [1.54, 1.807) is 0 Å². The van der Waals surface area contributed by atoms with Gasteiger partial charge in [-0.05, 0) is 0 Å². The fraction of sp³-hybridized carbons (Fsp3) is 0.429. The van der Waals surface area contributed by atoms with Crippen LogP contribution in [-0.4, -0.2) is 21.5 Å². The van der Waals surface area contributed by atoms with Crippen molar-refractivity contribution in [3.63, 3.8) is 0 Å². The highest BCUT2D eigenvalue weighted by molar-refractivity contribution is 5.70. The minimum Gasteiger partial charge on any atom is -0.367 e. The predicted molar refractivity (Wildman–Crippen MR) is 75.1 cm³/mol. The summed E-state index contributed by atoms with van der Waals surface area (Å²) in [6, 6.07) is 0. The van der Waals surface area contributed by atoms with Crippen LogP contribution in [0.4, 0.5) is 5.88 Å². The molecule has 1 unspecified atom stereocenters. The topological polar surface area (TPSA) is 81.9 Å². The van der Waals surface area contributed by atoms with Gasteiger partial charge in [0, 0.05) is 31.0 Å². The van der Waals surface area contributed by atoms with E-state index in [1.165, 1.54) is 5.56 Å². The third-order valence-corrected chi connectivity index (χ3v) is 4.14. The molecule has 2 aliphatic rings. The SMILES string of the molecule is C=C1Cc2c(noc2N)-c2c3c(nn2C1)C(C)CNC3. The van der Waals surface area contributed by atoms with Crippen molar-refractivity contribution in [2.45, 2.75) is 32.4 Å². The summed E-state index contributed by atoms with van der Waals surface area (Å²) in [4.78, 5) is 0. The molecule has 0 fully saturated rings. The van der Waals surface area contributed by atoms with Crippen molar-refractivity contribution in [3.05, 3.63) is 29.0 Å². The van der Waals surface area contributed by atoms with E-state index in [0.717, 1.165) is 41.3 Å². The highest BCUT2D eigenvalue weighted by Crippen LogP contribution is 2.38. The summed E-state index contributed by atoms with van der Waals surface area (Å²) in [6.45, 7) is 8.78. The second-order valence-electron chi connectivity index (χ2n) is 5.70. The number of nitrogens with zero attached hydrogens (tertiary/aromatic N) is 3. The Kier molecular flexibility index (Phi) is 2.32. The molecule has 20 heavy (non-hydrogen) atoms. The van der Waals surface area contributed by atoms with Gasteiger partial charge in [0.15, 0.2) is 0 Å². The molecule has 4 rings (SSSR count). The first-order valence-electron chi connectivity index (χ1n) is 6.86. The maximum absolute atomic E-state index is 5.91. The first-order valence-corrected chi connectivity index (χ1v) is 6.86. The Morgan fingerprint density at radius 2 is 2.30 bits per heavy atom. The Hall–Kier alpha value is -2.08. The summed E-state index contributed by atoms with van der Waals surface area (Å²) < 4.78 is 7.19. The molecule has 2 aromatic heterocycles. The molecule has 0 amide bonds. The molecule has 4 heterocycles. The van der Waals surface area contributed by atoms with Crippen LogP contribution in [0.3, 0.4) is 0 Å². The minimum atomic E-state index is 0.390. The number of rotatable bonds is 0. The number of hydrogen-bond acceptors (Lipinski definition) is 5. The zero-order valence-corrected chi connectivity index (χ0v) is 11.4. The van der Waals surface area contributed by atoms with E-state index >= 15 is 0 Å². The van der Waals surface area contributed by atoms with Gasteiger partial charge in [-0.3, -0.25) is 4.68 Å². The lowest BCUT2D eigenvalue weighted by Gasteiger charge is -2.18. The van der Waals surface area contributed by atoms with Crippen LogP contribution in [0.5, 0.6) is 0 Å². The first-order chi connectivity index (χ1) is 9.65. The number of nitrogen functional groups attached to an aromatic ring is 1. The molecule has 0 aliphatic carbocycles. The van der Waals surface area contributed by atoms with Gasteiger partial charge in [-0.15, -0.1) is 0 Å². The smallest absolute Gasteiger partial charge is 0.226 e. The van der Waals surface area contributed by atoms with Crippen molar-refractivity contribution >= 4 is 5.88 Å². The van der Waals surface area contributed by atoms with Crippen molar-refractivity contribution in [1.29, 1.82) is 0 Å². The molecule has 0 saturated carbocycles. The average Bonchev–Trinajstić information content (AvgIpc) is 2.89. The second-order valence-corrected chi connectivity index (χ2v) is 5.70. The molecule has 6 nitrogen and oxygen atoms in total. The summed E-state index contributed by atoms with van der Waals surface area (Å²) in [6.07, 6.45) is 0.700. The fourth-order valence-corrected chi connectivity index (χ4v) is 3.17. The lowest BCUT2D eigenvalue weighted by atomic mass is 9.96. The molecule has 0 radical (unpaired) electrons. The number of allylic oxidation sites excluding steroid dienone is 1. The van der Waals surface area contributed by atoms with Crippen LogP contribution in [0.1, 0.15) is 29.7 Å². The maximum atomic E-state index is 5.91. The molecular weight excluding hydrogens is 254 g/mol. The van der Waals surface area contributed by atoms with Gasteiger partial charge >= 0.3 is 0 Å². The first kappa shape index (κ1) is 11.7. The van der Waals surface area contributed by atoms with Crippen LogP contribution < -0.4 is 11.1 Å². The Bertz CT molecular complexity index is 711. The zero-order valence-electron chi connectivity index (χ0n) is 11.4. The van der Waals surface area contributed by atoms with Gasteiger partial charge < -0.3 is 15.6 Å². The van der Waals surface area contributed by atoms with Gasteiger partial charge in [0.05, 0.1) is 23.5 Å². The molecule has 0 aromatic carbocycles. The Balaban J connectivity index is 2.01. The van der Waals surface area contributed by atoms with E-state index in [2.05, 4.69) is 24.0 Å². The lowest BCUT2D eigenvalue weighted by molar-refractivity contribution is 0.437. The zero-order chi connectivity index (χ0) is 13.9. The molecular formula is C14H17N5O. The molecule has 0 spiro atoms. The molecule has 6 heteroatoms. The minimum absolute atomic E-state index is 0.390. The summed E-state index contributed by atoms with van der Waals surface area (Å²) in [5, 5.41) is 12.4. The normalized spacial score (nSPS) is 21.1. The standard InChI is InChI=1S/C14H17N5O/c1-7-3-9-12(18-20-14(9)15)13-10-5-16-4-8(2)11(10)17-19(13)6-7/h8,16H,1,3-6,15H2,2H3. The van der Waals surface area contributed by atoms with Gasteiger partial charge in [-0.25, -0.2) is 0 Å². The molecule has 0 saturated heterocycles. The molecule has 3 N–H and O–H groups in total. The van der Waals surface area contributed by atoms with E-state index < -0.39 is 0 Å². The van der Waals surface area contributed by atoms with Gasteiger partial charge in [-0.2, -0.15) is 5.10 Å². The number of nitrogens with one attached hydrogen (secondary N) is 1. The summed E-state index contributed by atoms with van der Waals surface area (Å²) in [7, 11) is 0. The average molecular weight is 271 g/mol. The summed E-state index contributed by atoms with van der Waals surface area (Å²) in [5.41, 5.74) is 12.1. The largest absolute Gasteiger partial charge is 0.367 e. The Labute approximate surface area is 116 Å². The van der Waals surface area contributed by atoms with Crippen molar-refractivity contribution in [3.8, 4) is 11.4 Å². The molecule has 2 aliphatic heterocycles. The monoisotopic (exact) mass is 271 g/mol.